The van der Waals surface area contributed by atoms with E-state index in [2.05, 4.69) is 34.1 Å². The minimum absolute atomic E-state index is 0.110. The smallest absolute Gasteiger partial charge is 0.271 e. The maximum absolute atomic E-state index is 14.1. The summed E-state index contributed by atoms with van der Waals surface area (Å²) in [4.78, 5) is 35.3. The zero-order chi connectivity index (χ0) is 23.0. The Morgan fingerprint density at radius 2 is 2.12 bits per heavy atom. The van der Waals surface area contributed by atoms with E-state index in [1.165, 1.54) is 0 Å². The topological polar surface area (TPSA) is 100 Å². The molecule has 3 aromatic rings. The van der Waals surface area contributed by atoms with Crippen LogP contribution in [0.1, 0.15) is 60.4 Å². The molecule has 2 aliphatic heterocycles. The van der Waals surface area contributed by atoms with Gasteiger partial charge in [0.05, 0.1) is 5.41 Å². The SMILES string of the molecule is CC(C)n1nccc1[C@@H]1CN(C(=O)c2ccn[nH]2)C[C@]12CCCN(Cc1cccnc1)C2=O. The predicted octanol–water partition coefficient (Wildman–Crippen LogP) is 2.63. The lowest BCUT2D eigenvalue weighted by Crippen LogP contribution is -2.52. The summed E-state index contributed by atoms with van der Waals surface area (Å²) in [7, 11) is 0. The van der Waals surface area contributed by atoms with Crippen molar-refractivity contribution in [2.75, 3.05) is 19.6 Å². The van der Waals surface area contributed by atoms with E-state index in [9.17, 15) is 9.59 Å². The number of piperidine rings is 1. The molecule has 0 unspecified atom stereocenters. The van der Waals surface area contributed by atoms with Crippen molar-refractivity contribution in [3.63, 3.8) is 0 Å². The summed E-state index contributed by atoms with van der Waals surface area (Å²) in [6, 6.07) is 7.73. The lowest BCUT2D eigenvalue weighted by Gasteiger charge is -2.42. The number of H-pyrrole nitrogens is 1. The fourth-order valence-electron chi connectivity index (χ4n) is 5.46. The molecule has 0 bridgehead atoms. The van der Waals surface area contributed by atoms with Gasteiger partial charge in [0.1, 0.15) is 5.69 Å². The van der Waals surface area contributed by atoms with Crippen molar-refractivity contribution >= 4 is 11.8 Å². The second kappa shape index (κ2) is 8.46. The molecule has 3 aromatic heterocycles. The Kier molecular flexibility index (Phi) is 5.47. The summed E-state index contributed by atoms with van der Waals surface area (Å²) in [5.74, 6) is -0.139. The molecule has 2 aliphatic rings. The summed E-state index contributed by atoms with van der Waals surface area (Å²) < 4.78 is 1.99. The van der Waals surface area contributed by atoms with Gasteiger partial charge in [-0.1, -0.05) is 6.07 Å². The number of aromatic amines is 1. The van der Waals surface area contributed by atoms with Gasteiger partial charge in [-0.2, -0.15) is 10.2 Å². The van der Waals surface area contributed by atoms with Gasteiger partial charge in [0.2, 0.25) is 5.91 Å². The number of hydrogen-bond donors (Lipinski definition) is 1. The quantitative estimate of drug-likeness (QED) is 0.648. The largest absolute Gasteiger partial charge is 0.338 e. The number of amides is 2. The van der Waals surface area contributed by atoms with E-state index in [0.29, 0.717) is 31.9 Å². The monoisotopic (exact) mass is 447 g/mol. The number of nitrogens with one attached hydrogen (secondary N) is 1. The molecule has 33 heavy (non-hydrogen) atoms. The van der Waals surface area contributed by atoms with E-state index in [1.807, 2.05) is 34.0 Å². The van der Waals surface area contributed by atoms with Crippen LogP contribution in [0.3, 0.4) is 0 Å². The fraction of sp³-hybridized carbons (Fsp3) is 0.458. The molecule has 9 nitrogen and oxygen atoms in total. The van der Waals surface area contributed by atoms with Crippen LogP contribution >= 0.6 is 0 Å². The van der Waals surface area contributed by atoms with Crippen LogP contribution in [-0.2, 0) is 11.3 Å². The highest BCUT2D eigenvalue weighted by atomic mass is 16.2. The summed E-state index contributed by atoms with van der Waals surface area (Å²) >= 11 is 0. The molecule has 0 aliphatic carbocycles. The zero-order valence-corrected chi connectivity index (χ0v) is 19.0. The third-order valence-electron chi connectivity index (χ3n) is 6.97. The molecule has 0 saturated carbocycles. The van der Waals surface area contributed by atoms with Gasteiger partial charge in [-0.15, -0.1) is 0 Å². The molecular formula is C24H29N7O2. The Morgan fingerprint density at radius 3 is 2.85 bits per heavy atom. The van der Waals surface area contributed by atoms with Crippen molar-refractivity contribution in [3.05, 3.63) is 66.0 Å². The van der Waals surface area contributed by atoms with Crippen LogP contribution in [0, 0.1) is 5.41 Å². The first kappa shape index (κ1) is 21.4. The van der Waals surface area contributed by atoms with Crippen molar-refractivity contribution in [1.82, 2.24) is 34.8 Å². The highest BCUT2D eigenvalue weighted by Gasteiger charge is 2.57. The van der Waals surface area contributed by atoms with Crippen LogP contribution in [0.2, 0.25) is 0 Å². The molecule has 172 valence electrons. The molecule has 1 N–H and O–H groups in total. The van der Waals surface area contributed by atoms with E-state index in [-0.39, 0.29) is 23.8 Å². The normalized spacial score (nSPS) is 23.1. The van der Waals surface area contributed by atoms with Crippen LogP contribution in [0.5, 0.6) is 0 Å². The molecule has 5 rings (SSSR count). The fourth-order valence-corrected chi connectivity index (χ4v) is 5.46. The van der Waals surface area contributed by atoms with Gasteiger partial charge in [0.25, 0.3) is 5.91 Å². The van der Waals surface area contributed by atoms with E-state index >= 15 is 0 Å². The average Bonchev–Trinajstić information content (AvgIpc) is 3.57. The standard InChI is InChI=1S/C24H29N7O2/c1-17(2)31-21(7-11-27-31)19-15-30(22(32)20-6-10-26-28-20)16-24(19)8-4-12-29(23(24)33)14-18-5-3-9-25-13-18/h3,5-7,9-11,13,17,19H,4,8,12,14-16H2,1-2H3,(H,26,28)/t19-,24+/m0/s1. The molecule has 9 heteroatoms. The molecule has 2 saturated heterocycles. The number of carbonyl (C=O) groups excluding carboxylic acids is 2. The number of pyridine rings is 1. The van der Waals surface area contributed by atoms with Gasteiger partial charge in [0, 0.05) is 68.6 Å². The van der Waals surface area contributed by atoms with Gasteiger partial charge >= 0.3 is 0 Å². The number of carbonyl (C=O) groups is 2. The summed E-state index contributed by atoms with van der Waals surface area (Å²) in [5, 5.41) is 11.2. The third-order valence-corrected chi connectivity index (χ3v) is 6.97. The van der Waals surface area contributed by atoms with Crippen molar-refractivity contribution in [2.24, 2.45) is 5.41 Å². The van der Waals surface area contributed by atoms with Gasteiger partial charge in [-0.3, -0.25) is 24.4 Å². The van der Waals surface area contributed by atoms with Crippen LogP contribution in [0.15, 0.2) is 49.1 Å². The van der Waals surface area contributed by atoms with E-state index < -0.39 is 5.41 Å². The van der Waals surface area contributed by atoms with Gasteiger partial charge in [-0.05, 0) is 50.5 Å². The first-order chi connectivity index (χ1) is 16.0. The van der Waals surface area contributed by atoms with Crippen LogP contribution in [0.4, 0.5) is 0 Å². The Hall–Kier alpha value is -3.49. The van der Waals surface area contributed by atoms with E-state index in [0.717, 1.165) is 24.1 Å². The van der Waals surface area contributed by atoms with Gasteiger partial charge < -0.3 is 9.80 Å². The lowest BCUT2D eigenvalue weighted by atomic mass is 9.70. The van der Waals surface area contributed by atoms with Crippen molar-refractivity contribution in [1.29, 1.82) is 0 Å². The second-order valence-corrected chi connectivity index (χ2v) is 9.35. The van der Waals surface area contributed by atoms with E-state index in [4.69, 9.17) is 0 Å². The van der Waals surface area contributed by atoms with Crippen molar-refractivity contribution < 1.29 is 9.59 Å². The lowest BCUT2D eigenvalue weighted by molar-refractivity contribution is -0.147. The highest BCUT2D eigenvalue weighted by Crippen LogP contribution is 2.50. The minimum Gasteiger partial charge on any atom is -0.338 e. The number of aromatic nitrogens is 5. The van der Waals surface area contributed by atoms with Crippen LogP contribution in [0.25, 0.3) is 0 Å². The van der Waals surface area contributed by atoms with Gasteiger partial charge in [0.15, 0.2) is 0 Å². The zero-order valence-electron chi connectivity index (χ0n) is 19.0. The number of likely N-dealkylation sites (tertiary alicyclic amines) is 2. The Labute approximate surface area is 192 Å². The number of nitrogens with zero attached hydrogens (tertiary/aromatic N) is 6. The molecule has 2 atom stereocenters. The summed E-state index contributed by atoms with van der Waals surface area (Å²) in [5.41, 5.74) is 1.79. The highest BCUT2D eigenvalue weighted by molar-refractivity contribution is 5.94. The number of hydrogen-bond acceptors (Lipinski definition) is 5. The van der Waals surface area contributed by atoms with E-state index in [1.54, 1.807) is 29.6 Å². The molecule has 5 heterocycles. The van der Waals surface area contributed by atoms with Crippen LogP contribution in [-0.4, -0.2) is 66.2 Å². The van der Waals surface area contributed by atoms with Crippen LogP contribution < -0.4 is 0 Å². The molecule has 1 spiro atoms. The average molecular weight is 448 g/mol. The summed E-state index contributed by atoms with van der Waals surface area (Å²) in [6.07, 6.45) is 8.56. The Bertz CT molecular complexity index is 1120. The maximum Gasteiger partial charge on any atom is 0.271 e. The summed E-state index contributed by atoms with van der Waals surface area (Å²) in [6.45, 7) is 6.27. The second-order valence-electron chi connectivity index (χ2n) is 9.35. The predicted molar refractivity (Wildman–Crippen MR) is 121 cm³/mol. The molecule has 0 radical (unpaired) electrons. The first-order valence-corrected chi connectivity index (χ1v) is 11.5. The molecule has 2 amide bonds. The molecule has 2 fully saturated rings. The van der Waals surface area contributed by atoms with Crippen molar-refractivity contribution in [3.8, 4) is 0 Å². The Balaban J connectivity index is 1.52. The number of rotatable bonds is 5. The van der Waals surface area contributed by atoms with Gasteiger partial charge in [-0.25, -0.2) is 0 Å². The molecular weight excluding hydrogens is 418 g/mol. The maximum atomic E-state index is 14.1. The molecule has 0 aromatic carbocycles. The Morgan fingerprint density at radius 1 is 1.24 bits per heavy atom. The third kappa shape index (κ3) is 3.71. The minimum atomic E-state index is -0.678. The first-order valence-electron chi connectivity index (χ1n) is 11.5. The van der Waals surface area contributed by atoms with Crippen molar-refractivity contribution in [2.45, 2.75) is 45.2 Å².